The minimum atomic E-state index is -4.40. The Morgan fingerprint density at radius 2 is 1.67 bits per heavy atom. The molecule has 0 saturated heterocycles. The largest absolute Gasteiger partial charge is 0.416 e. The molecule has 0 fully saturated rings. The molecule has 2 aromatic rings. The van der Waals surface area contributed by atoms with Gasteiger partial charge in [0, 0.05) is 13.0 Å². The monoisotopic (exact) mass is 383 g/mol. The average molecular weight is 383 g/mol. The van der Waals surface area contributed by atoms with Gasteiger partial charge in [0.25, 0.3) is 0 Å². The topological polar surface area (TPSA) is 67.2 Å². The summed E-state index contributed by atoms with van der Waals surface area (Å²) in [6.07, 6.45) is -4.11. The van der Waals surface area contributed by atoms with Crippen LogP contribution in [0.25, 0.3) is 0 Å². The SMILES string of the molecule is CC(C)CC(=O)Nc1ccc(NCc2ccc(C(F)(F)F)cc2)c(F)c1N. The van der Waals surface area contributed by atoms with E-state index in [4.69, 9.17) is 5.73 Å². The number of hydrogen-bond donors (Lipinski definition) is 3. The molecule has 0 atom stereocenters. The van der Waals surface area contributed by atoms with E-state index in [0.717, 1.165) is 12.1 Å². The Morgan fingerprint density at radius 3 is 2.22 bits per heavy atom. The van der Waals surface area contributed by atoms with Crippen LogP contribution >= 0.6 is 0 Å². The third kappa shape index (κ3) is 5.60. The first-order chi connectivity index (χ1) is 12.6. The van der Waals surface area contributed by atoms with Gasteiger partial charge in [-0.25, -0.2) is 4.39 Å². The number of alkyl halides is 3. The number of nitrogens with one attached hydrogen (secondary N) is 2. The van der Waals surface area contributed by atoms with Crippen molar-refractivity contribution in [3.8, 4) is 0 Å². The highest BCUT2D eigenvalue weighted by Crippen LogP contribution is 2.30. The van der Waals surface area contributed by atoms with Crippen molar-refractivity contribution in [3.63, 3.8) is 0 Å². The number of halogens is 4. The van der Waals surface area contributed by atoms with Gasteiger partial charge < -0.3 is 16.4 Å². The summed E-state index contributed by atoms with van der Waals surface area (Å²) in [6.45, 7) is 3.89. The van der Waals surface area contributed by atoms with Crippen LogP contribution in [0.1, 0.15) is 31.4 Å². The highest BCUT2D eigenvalue weighted by atomic mass is 19.4. The Bertz CT molecular complexity index is 802. The lowest BCUT2D eigenvalue weighted by Gasteiger charge is -2.14. The molecule has 0 aliphatic rings. The Kier molecular flexibility index (Phi) is 6.30. The lowest BCUT2D eigenvalue weighted by Crippen LogP contribution is -2.16. The lowest BCUT2D eigenvalue weighted by atomic mass is 10.1. The maximum absolute atomic E-state index is 14.4. The number of hydrogen-bond acceptors (Lipinski definition) is 3. The van der Waals surface area contributed by atoms with Crippen LogP contribution in [0.5, 0.6) is 0 Å². The summed E-state index contributed by atoms with van der Waals surface area (Å²) in [5.74, 6) is -0.841. The zero-order valence-electron chi connectivity index (χ0n) is 15.0. The summed E-state index contributed by atoms with van der Waals surface area (Å²) in [7, 11) is 0. The molecule has 2 aromatic carbocycles. The highest BCUT2D eigenvalue weighted by molar-refractivity contribution is 5.94. The van der Waals surface area contributed by atoms with Gasteiger partial charge in [0.1, 0.15) is 0 Å². The normalized spacial score (nSPS) is 11.5. The van der Waals surface area contributed by atoms with E-state index in [9.17, 15) is 22.4 Å². The van der Waals surface area contributed by atoms with Crippen LogP contribution in [0.4, 0.5) is 34.6 Å². The molecule has 8 heteroatoms. The van der Waals surface area contributed by atoms with E-state index < -0.39 is 17.6 Å². The van der Waals surface area contributed by atoms with Gasteiger partial charge >= 0.3 is 6.18 Å². The van der Waals surface area contributed by atoms with Gasteiger partial charge in [-0.15, -0.1) is 0 Å². The van der Waals surface area contributed by atoms with E-state index >= 15 is 0 Å². The first kappa shape index (κ1) is 20.5. The fourth-order valence-electron chi connectivity index (χ4n) is 2.42. The second-order valence-corrected chi connectivity index (χ2v) is 6.58. The quantitative estimate of drug-likeness (QED) is 0.484. The van der Waals surface area contributed by atoms with Crippen LogP contribution in [0.3, 0.4) is 0 Å². The molecule has 0 bridgehead atoms. The van der Waals surface area contributed by atoms with E-state index in [1.54, 1.807) is 0 Å². The summed E-state index contributed by atoms with van der Waals surface area (Å²) in [6, 6.07) is 7.46. The van der Waals surface area contributed by atoms with Crippen molar-refractivity contribution in [2.75, 3.05) is 16.4 Å². The zero-order valence-corrected chi connectivity index (χ0v) is 15.0. The van der Waals surface area contributed by atoms with Crippen LogP contribution in [0.2, 0.25) is 0 Å². The minimum Gasteiger partial charge on any atom is -0.395 e. The molecular weight excluding hydrogens is 362 g/mol. The molecule has 0 saturated carbocycles. The maximum Gasteiger partial charge on any atom is 0.416 e. The number of carbonyl (C=O) groups excluding carboxylic acids is 1. The zero-order chi connectivity index (χ0) is 20.2. The van der Waals surface area contributed by atoms with Gasteiger partial charge in [-0.2, -0.15) is 13.2 Å². The van der Waals surface area contributed by atoms with Crippen LogP contribution in [0.15, 0.2) is 36.4 Å². The van der Waals surface area contributed by atoms with Gasteiger partial charge in [0.05, 0.1) is 22.6 Å². The third-order valence-corrected chi connectivity index (χ3v) is 3.81. The molecule has 2 rings (SSSR count). The molecule has 0 radical (unpaired) electrons. The van der Waals surface area contributed by atoms with Crippen LogP contribution in [0, 0.1) is 11.7 Å². The Labute approximate surface area is 154 Å². The molecule has 146 valence electrons. The highest BCUT2D eigenvalue weighted by Gasteiger charge is 2.29. The van der Waals surface area contributed by atoms with Crippen LogP contribution in [-0.4, -0.2) is 5.91 Å². The molecule has 1 amide bonds. The van der Waals surface area contributed by atoms with Crippen molar-refractivity contribution < 1.29 is 22.4 Å². The molecule has 0 unspecified atom stereocenters. The number of anilines is 3. The Morgan fingerprint density at radius 1 is 1.07 bits per heavy atom. The second kappa shape index (κ2) is 8.28. The predicted molar refractivity (Wildman–Crippen MR) is 97.7 cm³/mol. The van der Waals surface area contributed by atoms with E-state index in [1.165, 1.54) is 24.3 Å². The summed E-state index contributed by atoms with van der Waals surface area (Å²) >= 11 is 0. The van der Waals surface area contributed by atoms with Gasteiger partial charge in [-0.05, 0) is 35.7 Å². The van der Waals surface area contributed by atoms with Gasteiger partial charge in [-0.1, -0.05) is 26.0 Å². The van der Waals surface area contributed by atoms with E-state index in [-0.39, 0.29) is 41.9 Å². The number of amides is 1. The van der Waals surface area contributed by atoms with Crippen molar-refractivity contribution in [1.29, 1.82) is 0 Å². The van der Waals surface area contributed by atoms with Crippen molar-refractivity contribution in [1.82, 2.24) is 0 Å². The Hall–Kier alpha value is -2.77. The van der Waals surface area contributed by atoms with E-state index in [0.29, 0.717) is 5.56 Å². The van der Waals surface area contributed by atoms with Crippen molar-refractivity contribution in [2.24, 2.45) is 5.92 Å². The molecule has 0 aliphatic carbocycles. The fraction of sp³-hybridized carbons (Fsp3) is 0.316. The summed E-state index contributed by atoms with van der Waals surface area (Å²) in [5.41, 5.74) is 5.62. The van der Waals surface area contributed by atoms with Crippen LogP contribution in [-0.2, 0) is 17.5 Å². The fourth-order valence-corrected chi connectivity index (χ4v) is 2.42. The minimum absolute atomic E-state index is 0.0919. The van der Waals surface area contributed by atoms with Crippen molar-refractivity contribution in [2.45, 2.75) is 33.0 Å². The molecule has 27 heavy (non-hydrogen) atoms. The molecular formula is C19H21F4N3O. The van der Waals surface area contributed by atoms with Gasteiger partial charge in [-0.3, -0.25) is 4.79 Å². The average Bonchev–Trinajstić information content (AvgIpc) is 2.57. The molecule has 4 N–H and O–H groups in total. The summed E-state index contributed by atoms with van der Waals surface area (Å²) < 4.78 is 52.1. The first-order valence-corrected chi connectivity index (χ1v) is 8.35. The number of carbonyl (C=O) groups is 1. The van der Waals surface area contributed by atoms with Crippen molar-refractivity contribution in [3.05, 3.63) is 53.3 Å². The number of benzene rings is 2. The van der Waals surface area contributed by atoms with E-state index in [1.807, 2.05) is 13.8 Å². The first-order valence-electron chi connectivity index (χ1n) is 8.35. The summed E-state index contributed by atoms with van der Waals surface area (Å²) in [5, 5.41) is 5.36. The van der Waals surface area contributed by atoms with Gasteiger partial charge in [0.15, 0.2) is 5.82 Å². The maximum atomic E-state index is 14.4. The molecule has 0 aliphatic heterocycles. The Balaban J connectivity index is 2.05. The van der Waals surface area contributed by atoms with Crippen molar-refractivity contribution >= 4 is 23.0 Å². The third-order valence-electron chi connectivity index (χ3n) is 3.81. The molecule has 4 nitrogen and oxygen atoms in total. The standard InChI is InChI=1S/C19H21F4N3O/c1-11(2)9-16(27)26-15-8-7-14(17(20)18(15)24)25-10-12-3-5-13(6-4-12)19(21,22)23/h3-8,11,25H,9-10,24H2,1-2H3,(H,26,27). The molecule has 0 aromatic heterocycles. The predicted octanol–water partition coefficient (Wildman–Crippen LogP) is 5.02. The lowest BCUT2D eigenvalue weighted by molar-refractivity contribution is -0.137. The van der Waals surface area contributed by atoms with E-state index in [2.05, 4.69) is 10.6 Å². The van der Waals surface area contributed by atoms with Gasteiger partial charge in [0.2, 0.25) is 5.91 Å². The summed E-state index contributed by atoms with van der Waals surface area (Å²) in [4.78, 5) is 11.8. The number of nitrogen functional groups attached to an aromatic ring is 1. The number of rotatable bonds is 6. The smallest absolute Gasteiger partial charge is 0.395 e. The molecule has 0 heterocycles. The second-order valence-electron chi connectivity index (χ2n) is 6.58. The van der Waals surface area contributed by atoms with Crippen LogP contribution < -0.4 is 16.4 Å². The molecule has 0 spiro atoms. The number of nitrogens with two attached hydrogens (primary N) is 1.